The van der Waals surface area contributed by atoms with Crippen molar-refractivity contribution in [2.75, 3.05) is 13.2 Å². The highest BCUT2D eigenvalue weighted by molar-refractivity contribution is 5.86. The van der Waals surface area contributed by atoms with E-state index in [4.69, 9.17) is 4.74 Å². The molecule has 0 amide bonds. The van der Waals surface area contributed by atoms with E-state index in [2.05, 4.69) is 35.2 Å². The Hall–Kier alpha value is -2.30. The molecular weight excluding hydrogens is 317 g/mol. The second-order valence-corrected chi connectivity index (χ2v) is 6.66. The van der Waals surface area contributed by atoms with Crippen molar-refractivity contribution < 1.29 is 13.9 Å². The normalized spacial score (nSPS) is 23.2. The van der Waals surface area contributed by atoms with Gasteiger partial charge in [-0.1, -0.05) is 36.4 Å². The predicted molar refractivity (Wildman–Crippen MR) is 94.8 cm³/mol. The number of halogens is 1. The van der Waals surface area contributed by atoms with E-state index in [9.17, 15) is 9.18 Å². The first kappa shape index (κ1) is 16.2. The molecule has 0 aliphatic carbocycles. The van der Waals surface area contributed by atoms with Crippen LogP contribution in [0.1, 0.15) is 27.9 Å². The molecule has 2 aliphatic rings. The van der Waals surface area contributed by atoms with Crippen LogP contribution in [-0.2, 0) is 11.3 Å². The van der Waals surface area contributed by atoms with Gasteiger partial charge in [0.1, 0.15) is 5.82 Å². The van der Waals surface area contributed by atoms with E-state index in [0.717, 1.165) is 24.8 Å². The molecule has 2 aromatic carbocycles. The third kappa shape index (κ3) is 3.28. The molecule has 3 nitrogen and oxygen atoms in total. The summed E-state index contributed by atoms with van der Waals surface area (Å²) in [6, 6.07) is 15.1. The van der Waals surface area contributed by atoms with Crippen LogP contribution in [0, 0.1) is 5.82 Å². The summed E-state index contributed by atoms with van der Waals surface area (Å²) in [5.41, 5.74) is 3.58. The van der Waals surface area contributed by atoms with Crippen LogP contribution >= 0.6 is 0 Å². The fourth-order valence-corrected chi connectivity index (χ4v) is 3.81. The number of carbonyl (C=O) groups excluding carboxylic acids is 1. The second-order valence-electron chi connectivity index (χ2n) is 6.66. The SMILES string of the molecule is O=Cc1ccc(F)cc1C1=CC2COCC(C1)N2Cc1ccccc1. The Morgan fingerprint density at radius 2 is 2.00 bits per heavy atom. The van der Waals surface area contributed by atoms with Gasteiger partial charge in [0, 0.05) is 18.2 Å². The minimum Gasteiger partial charge on any atom is -0.378 e. The third-order valence-corrected chi connectivity index (χ3v) is 5.04. The number of ether oxygens (including phenoxy) is 1. The number of morpholine rings is 1. The molecule has 2 aromatic rings. The number of fused-ring (bicyclic) bond motifs is 2. The lowest BCUT2D eigenvalue weighted by atomic mass is 9.87. The molecule has 1 saturated heterocycles. The first-order valence-corrected chi connectivity index (χ1v) is 8.58. The lowest BCUT2D eigenvalue weighted by Crippen LogP contribution is -2.53. The maximum atomic E-state index is 13.7. The lowest BCUT2D eigenvalue weighted by Gasteiger charge is -2.45. The fourth-order valence-electron chi connectivity index (χ4n) is 3.81. The molecule has 2 heterocycles. The summed E-state index contributed by atoms with van der Waals surface area (Å²) in [4.78, 5) is 13.8. The van der Waals surface area contributed by atoms with Gasteiger partial charge in [0.2, 0.25) is 0 Å². The molecule has 0 N–H and O–H groups in total. The summed E-state index contributed by atoms with van der Waals surface area (Å²) < 4.78 is 19.5. The Labute approximate surface area is 146 Å². The minimum absolute atomic E-state index is 0.144. The van der Waals surface area contributed by atoms with Gasteiger partial charge in [0.15, 0.2) is 6.29 Å². The molecule has 0 aromatic heterocycles. The molecule has 0 spiro atoms. The van der Waals surface area contributed by atoms with Crippen LogP contribution in [0.3, 0.4) is 0 Å². The first-order valence-electron chi connectivity index (χ1n) is 8.58. The van der Waals surface area contributed by atoms with Gasteiger partial charge in [0.05, 0.1) is 19.3 Å². The van der Waals surface area contributed by atoms with Gasteiger partial charge in [-0.3, -0.25) is 9.69 Å². The summed E-state index contributed by atoms with van der Waals surface area (Å²) in [5, 5.41) is 0. The Morgan fingerprint density at radius 1 is 1.16 bits per heavy atom. The molecular formula is C21H20FNO2. The van der Waals surface area contributed by atoms with E-state index < -0.39 is 0 Å². The van der Waals surface area contributed by atoms with Gasteiger partial charge in [-0.15, -0.1) is 0 Å². The lowest BCUT2D eigenvalue weighted by molar-refractivity contribution is -0.0402. The van der Waals surface area contributed by atoms with Gasteiger partial charge >= 0.3 is 0 Å². The van der Waals surface area contributed by atoms with E-state index >= 15 is 0 Å². The first-order chi connectivity index (χ1) is 12.2. The standard InChI is InChI=1S/C21H20FNO2/c22-18-7-6-16(12-24)21(10-18)17-8-19-13-25-14-20(9-17)23(19)11-15-4-2-1-3-5-15/h1-8,10,12,19-20H,9,11,13-14H2. The fraction of sp³-hybridized carbons (Fsp3) is 0.286. The quantitative estimate of drug-likeness (QED) is 0.797. The van der Waals surface area contributed by atoms with Crippen LogP contribution in [0.15, 0.2) is 54.6 Å². The molecule has 25 heavy (non-hydrogen) atoms. The minimum atomic E-state index is -0.311. The number of aldehydes is 1. The van der Waals surface area contributed by atoms with Crippen LogP contribution in [0.25, 0.3) is 5.57 Å². The van der Waals surface area contributed by atoms with Crippen LogP contribution in [0.5, 0.6) is 0 Å². The molecule has 4 rings (SSSR count). The number of carbonyl (C=O) groups is 1. The van der Waals surface area contributed by atoms with Crippen LogP contribution in [0.4, 0.5) is 4.39 Å². The monoisotopic (exact) mass is 337 g/mol. The van der Waals surface area contributed by atoms with Crippen molar-refractivity contribution in [1.82, 2.24) is 4.90 Å². The van der Waals surface area contributed by atoms with E-state index in [0.29, 0.717) is 24.3 Å². The van der Waals surface area contributed by atoms with Crippen molar-refractivity contribution in [3.05, 3.63) is 77.1 Å². The van der Waals surface area contributed by atoms with Crippen molar-refractivity contribution in [1.29, 1.82) is 0 Å². The molecule has 0 radical (unpaired) electrons. The molecule has 128 valence electrons. The Bertz CT molecular complexity index is 803. The zero-order valence-electron chi connectivity index (χ0n) is 13.9. The summed E-state index contributed by atoms with van der Waals surface area (Å²) in [6.07, 6.45) is 3.70. The number of hydrogen-bond acceptors (Lipinski definition) is 3. The molecule has 2 atom stereocenters. The van der Waals surface area contributed by atoms with Gasteiger partial charge in [0.25, 0.3) is 0 Å². The third-order valence-electron chi connectivity index (χ3n) is 5.04. The molecule has 0 saturated carbocycles. The topological polar surface area (TPSA) is 29.5 Å². The zero-order valence-corrected chi connectivity index (χ0v) is 13.9. The number of benzene rings is 2. The Morgan fingerprint density at radius 3 is 2.76 bits per heavy atom. The highest BCUT2D eigenvalue weighted by Crippen LogP contribution is 2.34. The summed E-state index contributed by atoms with van der Waals surface area (Å²) in [5.74, 6) is -0.311. The number of hydrogen-bond donors (Lipinski definition) is 0. The second kappa shape index (κ2) is 6.90. The van der Waals surface area contributed by atoms with Crippen LogP contribution < -0.4 is 0 Å². The largest absolute Gasteiger partial charge is 0.378 e. The van der Waals surface area contributed by atoms with Crippen molar-refractivity contribution in [3.63, 3.8) is 0 Å². The average Bonchev–Trinajstić information content (AvgIpc) is 2.62. The van der Waals surface area contributed by atoms with E-state index in [1.807, 2.05) is 6.07 Å². The highest BCUT2D eigenvalue weighted by Gasteiger charge is 2.35. The molecule has 2 unspecified atom stereocenters. The van der Waals surface area contributed by atoms with Gasteiger partial charge in [-0.2, -0.15) is 0 Å². The molecule has 2 aliphatic heterocycles. The van der Waals surface area contributed by atoms with Gasteiger partial charge in [-0.05, 0) is 41.3 Å². The van der Waals surface area contributed by atoms with Gasteiger partial charge in [-0.25, -0.2) is 4.39 Å². The van der Waals surface area contributed by atoms with Gasteiger partial charge < -0.3 is 4.74 Å². The van der Waals surface area contributed by atoms with Crippen molar-refractivity contribution in [2.45, 2.75) is 25.0 Å². The summed E-state index contributed by atoms with van der Waals surface area (Å²) in [6.45, 7) is 2.15. The van der Waals surface area contributed by atoms with Crippen molar-refractivity contribution >= 4 is 11.9 Å². The summed E-state index contributed by atoms with van der Waals surface area (Å²) in [7, 11) is 0. The van der Waals surface area contributed by atoms with E-state index in [1.54, 1.807) is 6.07 Å². The predicted octanol–water partition coefficient (Wildman–Crippen LogP) is 3.69. The highest BCUT2D eigenvalue weighted by atomic mass is 19.1. The number of rotatable bonds is 4. The van der Waals surface area contributed by atoms with Crippen molar-refractivity contribution in [3.8, 4) is 0 Å². The van der Waals surface area contributed by atoms with E-state index in [-0.39, 0.29) is 17.9 Å². The average molecular weight is 337 g/mol. The van der Waals surface area contributed by atoms with Crippen LogP contribution in [0.2, 0.25) is 0 Å². The van der Waals surface area contributed by atoms with Crippen LogP contribution in [-0.4, -0.2) is 36.5 Å². The molecule has 2 bridgehead atoms. The zero-order chi connectivity index (χ0) is 17.2. The Kier molecular flexibility index (Phi) is 4.47. The Balaban J connectivity index is 1.65. The maximum Gasteiger partial charge on any atom is 0.150 e. The number of nitrogens with zero attached hydrogens (tertiary/aromatic N) is 1. The molecule has 1 fully saturated rings. The van der Waals surface area contributed by atoms with E-state index in [1.165, 1.54) is 17.7 Å². The maximum absolute atomic E-state index is 13.7. The van der Waals surface area contributed by atoms with Crippen molar-refractivity contribution in [2.24, 2.45) is 0 Å². The smallest absolute Gasteiger partial charge is 0.150 e. The summed E-state index contributed by atoms with van der Waals surface area (Å²) >= 11 is 0. The molecule has 4 heteroatoms.